The average molecular weight is 518 g/mol. The van der Waals surface area contributed by atoms with Crippen LogP contribution in [-0.2, 0) is 4.79 Å². The molecule has 0 unspecified atom stereocenters. The maximum atomic E-state index is 13.1. The molecule has 1 fully saturated rings. The Morgan fingerprint density at radius 1 is 1.18 bits per heavy atom. The standard InChI is InChI=1S/C28H35N7O3/c1-28(2)17-35(20-7-6-8-20)24-22(34(4)26(28)37)16-29-27(32-24)31-21-10-9-18(15-23(21)38-5)25(36)30-19-11-13-33(3)14-12-19/h6-10,15-16,19H,11-14,17H2,1-5H3,(H,30,36)(H,29,31,32). The summed E-state index contributed by atoms with van der Waals surface area (Å²) in [6.45, 7) is 6.32. The molecule has 1 aliphatic carbocycles. The lowest BCUT2D eigenvalue weighted by Crippen LogP contribution is -2.43. The van der Waals surface area contributed by atoms with Crippen molar-refractivity contribution in [2.45, 2.75) is 32.7 Å². The number of amides is 2. The van der Waals surface area contributed by atoms with E-state index in [1.165, 1.54) is 0 Å². The van der Waals surface area contributed by atoms with Crippen LogP contribution in [-0.4, -0.2) is 73.6 Å². The van der Waals surface area contributed by atoms with Gasteiger partial charge in [0.1, 0.15) is 11.4 Å². The van der Waals surface area contributed by atoms with Gasteiger partial charge in [0.15, 0.2) is 5.82 Å². The molecular formula is C28H35N7O3. The molecule has 2 amide bonds. The number of aromatic nitrogens is 2. The van der Waals surface area contributed by atoms with Crippen molar-refractivity contribution >= 4 is 35.0 Å². The number of anilines is 4. The topological polar surface area (TPSA) is 103 Å². The second-order valence-electron chi connectivity index (χ2n) is 10.8. The highest BCUT2D eigenvalue weighted by molar-refractivity contribution is 6.01. The van der Waals surface area contributed by atoms with Crippen molar-refractivity contribution in [1.29, 1.82) is 0 Å². The van der Waals surface area contributed by atoms with Crippen molar-refractivity contribution in [3.8, 4) is 5.75 Å². The number of carbonyl (C=O) groups is 2. The Bertz CT molecular complexity index is 1310. The highest BCUT2D eigenvalue weighted by atomic mass is 16.5. The first-order valence-corrected chi connectivity index (χ1v) is 12.9. The molecule has 2 N–H and O–H groups in total. The Hall–Kier alpha value is -3.92. The predicted molar refractivity (Wildman–Crippen MR) is 148 cm³/mol. The van der Waals surface area contributed by atoms with Gasteiger partial charge in [-0.05, 0) is 77.2 Å². The van der Waals surface area contributed by atoms with Gasteiger partial charge in [0.05, 0.1) is 24.4 Å². The summed E-state index contributed by atoms with van der Waals surface area (Å²) in [5.41, 5.74) is 2.19. The van der Waals surface area contributed by atoms with Gasteiger partial charge in [0, 0.05) is 30.9 Å². The number of likely N-dealkylation sites (tertiary alicyclic amines) is 1. The number of allylic oxidation sites excluding steroid dienone is 3. The molecule has 1 aromatic carbocycles. The van der Waals surface area contributed by atoms with Gasteiger partial charge in [-0.3, -0.25) is 9.59 Å². The summed E-state index contributed by atoms with van der Waals surface area (Å²) in [6, 6.07) is 5.46. The molecule has 1 saturated heterocycles. The van der Waals surface area contributed by atoms with E-state index >= 15 is 0 Å². The minimum atomic E-state index is -0.611. The zero-order chi connectivity index (χ0) is 27.0. The minimum Gasteiger partial charge on any atom is -0.495 e. The number of nitrogens with one attached hydrogen (secondary N) is 2. The van der Waals surface area contributed by atoms with Gasteiger partial charge in [-0.1, -0.05) is 6.08 Å². The van der Waals surface area contributed by atoms with E-state index in [4.69, 9.17) is 9.72 Å². The minimum absolute atomic E-state index is 0.00486. The number of piperidine rings is 1. The van der Waals surface area contributed by atoms with Gasteiger partial charge in [-0.15, -0.1) is 0 Å². The van der Waals surface area contributed by atoms with Gasteiger partial charge in [0.25, 0.3) is 5.91 Å². The number of carbonyl (C=O) groups excluding carboxylic acids is 2. The maximum Gasteiger partial charge on any atom is 0.251 e. The highest BCUT2D eigenvalue weighted by Crippen LogP contribution is 2.40. The van der Waals surface area contributed by atoms with Gasteiger partial charge in [0.2, 0.25) is 11.9 Å². The predicted octanol–water partition coefficient (Wildman–Crippen LogP) is 3.32. The number of hydrogen-bond donors (Lipinski definition) is 2. The molecule has 3 aliphatic rings. The van der Waals surface area contributed by atoms with E-state index in [9.17, 15) is 9.59 Å². The van der Waals surface area contributed by atoms with Crippen LogP contribution in [0.4, 0.5) is 23.1 Å². The van der Waals surface area contributed by atoms with Crippen LogP contribution in [0.2, 0.25) is 0 Å². The monoisotopic (exact) mass is 517 g/mol. The fourth-order valence-corrected chi connectivity index (χ4v) is 5.02. The van der Waals surface area contributed by atoms with Gasteiger partial charge < -0.3 is 30.1 Å². The molecule has 0 saturated carbocycles. The number of fused-ring (bicyclic) bond motifs is 1. The SMILES string of the molecule is COc1cc(C(=O)NC2CCN(C)CC2)ccc1Nc1ncc2c(n1)N(C1=CC=C1)CC(C)(C)C(=O)N2C. The molecule has 10 heteroatoms. The fourth-order valence-electron chi connectivity index (χ4n) is 5.02. The van der Waals surface area contributed by atoms with E-state index in [2.05, 4.69) is 32.5 Å². The summed E-state index contributed by atoms with van der Waals surface area (Å²) >= 11 is 0. The quantitative estimate of drug-likeness (QED) is 0.602. The molecule has 0 radical (unpaired) electrons. The molecule has 0 bridgehead atoms. The first-order chi connectivity index (χ1) is 18.2. The number of rotatable bonds is 6. The van der Waals surface area contributed by atoms with Crippen LogP contribution in [0.1, 0.15) is 37.0 Å². The van der Waals surface area contributed by atoms with E-state index in [1.807, 2.05) is 32.1 Å². The Kier molecular flexibility index (Phi) is 6.83. The van der Waals surface area contributed by atoms with E-state index in [1.54, 1.807) is 43.5 Å². The first-order valence-electron chi connectivity index (χ1n) is 12.9. The molecular weight excluding hydrogens is 482 g/mol. The van der Waals surface area contributed by atoms with Crippen molar-refractivity contribution in [2.24, 2.45) is 5.41 Å². The molecule has 38 heavy (non-hydrogen) atoms. The van der Waals surface area contributed by atoms with Gasteiger partial charge >= 0.3 is 0 Å². The summed E-state index contributed by atoms with van der Waals surface area (Å²) in [6.07, 6.45) is 9.52. The Morgan fingerprint density at radius 3 is 2.58 bits per heavy atom. The van der Waals surface area contributed by atoms with Crippen LogP contribution in [0.15, 0.2) is 48.3 Å². The number of methoxy groups -OCH3 is 1. The van der Waals surface area contributed by atoms with Crippen molar-refractivity contribution in [2.75, 3.05) is 56.0 Å². The summed E-state index contributed by atoms with van der Waals surface area (Å²) in [5, 5.41) is 6.38. The normalized spacial score (nSPS) is 19.3. The lowest BCUT2D eigenvalue weighted by atomic mass is 9.91. The Labute approximate surface area is 223 Å². The molecule has 2 aliphatic heterocycles. The van der Waals surface area contributed by atoms with Crippen LogP contribution in [0.25, 0.3) is 0 Å². The molecule has 0 spiro atoms. The van der Waals surface area contributed by atoms with Crippen LogP contribution >= 0.6 is 0 Å². The average Bonchev–Trinajstić information content (AvgIpc) is 2.93. The number of ether oxygens (including phenoxy) is 1. The zero-order valence-corrected chi connectivity index (χ0v) is 22.6. The zero-order valence-electron chi connectivity index (χ0n) is 22.6. The summed E-state index contributed by atoms with van der Waals surface area (Å²) in [5.74, 6) is 1.41. The molecule has 1 aromatic heterocycles. The summed E-state index contributed by atoms with van der Waals surface area (Å²) in [7, 11) is 5.42. The van der Waals surface area contributed by atoms with Crippen molar-refractivity contribution in [3.63, 3.8) is 0 Å². The molecule has 10 nitrogen and oxygen atoms in total. The maximum absolute atomic E-state index is 13.1. The third-order valence-corrected chi connectivity index (χ3v) is 7.41. The number of benzene rings is 1. The molecule has 3 heterocycles. The van der Waals surface area contributed by atoms with E-state index in [-0.39, 0.29) is 17.9 Å². The second-order valence-corrected chi connectivity index (χ2v) is 10.8. The van der Waals surface area contributed by atoms with E-state index in [0.29, 0.717) is 41.0 Å². The lowest BCUT2D eigenvalue weighted by Gasteiger charge is -2.31. The van der Waals surface area contributed by atoms with E-state index < -0.39 is 5.41 Å². The van der Waals surface area contributed by atoms with Crippen LogP contribution in [0, 0.1) is 5.41 Å². The second kappa shape index (κ2) is 10.1. The molecule has 0 atom stereocenters. The molecule has 200 valence electrons. The van der Waals surface area contributed by atoms with Crippen molar-refractivity contribution < 1.29 is 14.3 Å². The Balaban J connectivity index is 1.39. The van der Waals surface area contributed by atoms with Crippen molar-refractivity contribution in [3.05, 3.63) is 53.9 Å². The van der Waals surface area contributed by atoms with Gasteiger partial charge in [-0.25, -0.2) is 4.98 Å². The summed E-state index contributed by atoms with van der Waals surface area (Å²) < 4.78 is 5.60. The van der Waals surface area contributed by atoms with Crippen LogP contribution < -0.4 is 25.2 Å². The largest absolute Gasteiger partial charge is 0.495 e. The van der Waals surface area contributed by atoms with E-state index in [0.717, 1.165) is 31.6 Å². The highest BCUT2D eigenvalue weighted by Gasteiger charge is 2.40. The number of hydrogen-bond acceptors (Lipinski definition) is 8. The molecule has 5 rings (SSSR count). The Morgan fingerprint density at radius 2 is 1.92 bits per heavy atom. The first kappa shape index (κ1) is 25.7. The molecule has 2 aromatic rings. The van der Waals surface area contributed by atoms with Crippen LogP contribution in [0.3, 0.4) is 0 Å². The third-order valence-electron chi connectivity index (χ3n) is 7.41. The third kappa shape index (κ3) is 4.96. The fraction of sp³-hybridized carbons (Fsp3) is 0.429. The van der Waals surface area contributed by atoms with Crippen LogP contribution in [0.5, 0.6) is 5.75 Å². The van der Waals surface area contributed by atoms with Gasteiger partial charge in [-0.2, -0.15) is 4.98 Å². The lowest BCUT2D eigenvalue weighted by molar-refractivity contribution is -0.125. The number of nitrogens with zero attached hydrogens (tertiary/aromatic N) is 5. The smallest absolute Gasteiger partial charge is 0.251 e. The summed E-state index contributed by atoms with van der Waals surface area (Å²) in [4.78, 5) is 41.3. The van der Waals surface area contributed by atoms with Crippen molar-refractivity contribution in [1.82, 2.24) is 20.2 Å².